The number of benzene rings is 2. The third kappa shape index (κ3) is 3.29. The van der Waals surface area contributed by atoms with Crippen molar-refractivity contribution >= 4 is 10.9 Å². The van der Waals surface area contributed by atoms with Gasteiger partial charge in [-0.1, -0.05) is 53.7 Å². The van der Waals surface area contributed by atoms with E-state index in [1.165, 1.54) is 5.39 Å². The number of fused-ring (bicyclic) bond motifs is 1. The van der Waals surface area contributed by atoms with Crippen molar-refractivity contribution < 1.29 is 4.52 Å². The lowest BCUT2D eigenvalue weighted by Crippen LogP contribution is -2.20. The molecule has 2 aromatic carbocycles. The molecule has 5 nitrogen and oxygen atoms in total. The van der Waals surface area contributed by atoms with E-state index in [1.54, 1.807) is 0 Å². The van der Waals surface area contributed by atoms with Gasteiger partial charge in [0.2, 0.25) is 11.7 Å². The highest BCUT2D eigenvalue weighted by atomic mass is 16.5. The second kappa shape index (κ2) is 7.17. The summed E-state index contributed by atoms with van der Waals surface area (Å²) in [6.45, 7) is 4.85. The molecule has 4 aromatic rings. The lowest BCUT2D eigenvalue weighted by Gasteiger charge is -2.14. The van der Waals surface area contributed by atoms with Gasteiger partial charge in [-0.3, -0.25) is 9.88 Å². The molecule has 2 aromatic heterocycles. The van der Waals surface area contributed by atoms with E-state index in [4.69, 9.17) is 9.51 Å². The maximum Gasteiger partial charge on any atom is 0.231 e. The Kier molecular flexibility index (Phi) is 4.37. The average molecular weight is 370 g/mol. The van der Waals surface area contributed by atoms with Crippen molar-refractivity contribution in [2.24, 2.45) is 0 Å². The number of pyridine rings is 1. The first kappa shape index (κ1) is 17.1. The molecule has 28 heavy (non-hydrogen) atoms. The van der Waals surface area contributed by atoms with Crippen LogP contribution in [0.5, 0.6) is 0 Å². The predicted octanol–water partition coefficient (Wildman–Crippen LogP) is 4.58. The summed E-state index contributed by atoms with van der Waals surface area (Å²) >= 11 is 0. The fourth-order valence-electron chi connectivity index (χ4n) is 3.94. The van der Waals surface area contributed by atoms with E-state index < -0.39 is 0 Å². The van der Waals surface area contributed by atoms with E-state index in [1.807, 2.05) is 30.3 Å². The van der Waals surface area contributed by atoms with Gasteiger partial charge in [-0.25, -0.2) is 0 Å². The molecule has 0 unspecified atom stereocenters. The third-order valence-electron chi connectivity index (χ3n) is 5.49. The van der Waals surface area contributed by atoms with Crippen molar-refractivity contribution in [3.8, 4) is 11.4 Å². The minimum absolute atomic E-state index is 0.283. The smallest absolute Gasteiger partial charge is 0.231 e. The van der Waals surface area contributed by atoms with Crippen LogP contribution in [0.1, 0.15) is 29.5 Å². The highest BCUT2D eigenvalue weighted by Crippen LogP contribution is 2.29. The van der Waals surface area contributed by atoms with Gasteiger partial charge in [0, 0.05) is 24.0 Å². The van der Waals surface area contributed by atoms with Crippen LogP contribution in [-0.4, -0.2) is 33.1 Å². The van der Waals surface area contributed by atoms with Crippen LogP contribution in [0, 0.1) is 6.92 Å². The minimum atomic E-state index is 0.283. The molecule has 0 radical (unpaired) electrons. The zero-order valence-electron chi connectivity index (χ0n) is 15.9. The van der Waals surface area contributed by atoms with Crippen molar-refractivity contribution in [3.63, 3.8) is 0 Å². The van der Waals surface area contributed by atoms with E-state index >= 15 is 0 Å². The second-order valence-corrected chi connectivity index (χ2v) is 7.49. The van der Waals surface area contributed by atoms with Crippen LogP contribution in [0.2, 0.25) is 0 Å². The summed E-state index contributed by atoms with van der Waals surface area (Å²) in [5.74, 6) is 1.71. The molecule has 0 amide bonds. The molecule has 0 saturated carbocycles. The molecule has 140 valence electrons. The lowest BCUT2D eigenvalue weighted by atomic mass is 10.1. The van der Waals surface area contributed by atoms with Gasteiger partial charge in [0.1, 0.15) is 0 Å². The summed E-state index contributed by atoms with van der Waals surface area (Å²) in [7, 11) is 0. The molecule has 1 aliphatic heterocycles. The fourth-order valence-corrected chi connectivity index (χ4v) is 3.94. The molecular weight excluding hydrogens is 348 g/mol. The molecule has 3 heterocycles. The topological polar surface area (TPSA) is 55.1 Å². The number of para-hydroxylation sites is 1. The summed E-state index contributed by atoms with van der Waals surface area (Å²) < 4.78 is 5.61. The quantitative estimate of drug-likeness (QED) is 0.526. The van der Waals surface area contributed by atoms with Gasteiger partial charge < -0.3 is 4.52 Å². The van der Waals surface area contributed by atoms with Crippen LogP contribution in [0.4, 0.5) is 0 Å². The first-order chi connectivity index (χ1) is 13.8. The summed E-state index contributed by atoms with van der Waals surface area (Å²) in [6, 6.07) is 20.7. The molecule has 0 aliphatic carbocycles. The van der Waals surface area contributed by atoms with Crippen molar-refractivity contribution in [3.05, 3.63) is 77.8 Å². The van der Waals surface area contributed by atoms with Crippen LogP contribution in [-0.2, 0) is 6.54 Å². The molecule has 5 heteroatoms. The van der Waals surface area contributed by atoms with Gasteiger partial charge >= 0.3 is 0 Å². The SMILES string of the molecule is Cc1ccccc1-c1noc([C@H]2CCN(Cc3ccc4ccccc4n3)C2)n1. The van der Waals surface area contributed by atoms with Crippen LogP contribution in [0.15, 0.2) is 65.2 Å². The number of nitrogens with zero attached hydrogens (tertiary/aromatic N) is 4. The molecule has 1 saturated heterocycles. The Hall–Kier alpha value is -3.05. The Bertz CT molecular complexity index is 1120. The highest BCUT2D eigenvalue weighted by Gasteiger charge is 2.29. The summed E-state index contributed by atoms with van der Waals surface area (Å²) in [5, 5.41) is 5.40. The molecule has 0 bridgehead atoms. The zero-order chi connectivity index (χ0) is 18.9. The van der Waals surface area contributed by atoms with Gasteiger partial charge in [-0.05, 0) is 37.6 Å². The molecule has 1 fully saturated rings. The molecule has 1 aliphatic rings. The van der Waals surface area contributed by atoms with Gasteiger partial charge in [-0.15, -0.1) is 0 Å². The number of hydrogen-bond donors (Lipinski definition) is 0. The van der Waals surface area contributed by atoms with E-state index in [0.717, 1.165) is 54.3 Å². The Morgan fingerprint density at radius 1 is 1.00 bits per heavy atom. The Labute approximate surface area is 164 Å². The summed E-state index contributed by atoms with van der Waals surface area (Å²) in [6.07, 6.45) is 1.03. The van der Waals surface area contributed by atoms with Crippen LogP contribution in [0.3, 0.4) is 0 Å². The van der Waals surface area contributed by atoms with Crippen LogP contribution in [0.25, 0.3) is 22.3 Å². The number of rotatable bonds is 4. The van der Waals surface area contributed by atoms with E-state index in [2.05, 4.69) is 52.3 Å². The third-order valence-corrected chi connectivity index (χ3v) is 5.49. The monoisotopic (exact) mass is 370 g/mol. The summed E-state index contributed by atoms with van der Waals surface area (Å²) in [4.78, 5) is 11.9. The molecule has 1 atom stereocenters. The van der Waals surface area contributed by atoms with Crippen molar-refractivity contribution in [1.29, 1.82) is 0 Å². The van der Waals surface area contributed by atoms with E-state index in [-0.39, 0.29) is 5.92 Å². The first-order valence-electron chi connectivity index (χ1n) is 9.73. The largest absolute Gasteiger partial charge is 0.339 e. The molecule has 0 spiro atoms. The Morgan fingerprint density at radius 2 is 1.86 bits per heavy atom. The van der Waals surface area contributed by atoms with Gasteiger partial charge in [0.25, 0.3) is 0 Å². The van der Waals surface area contributed by atoms with Crippen molar-refractivity contribution in [2.45, 2.75) is 25.8 Å². The predicted molar refractivity (Wildman–Crippen MR) is 109 cm³/mol. The number of hydrogen-bond acceptors (Lipinski definition) is 5. The van der Waals surface area contributed by atoms with E-state index in [0.29, 0.717) is 5.82 Å². The van der Waals surface area contributed by atoms with E-state index in [9.17, 15) is 0 Å². The second-order valence-electron chi connectivity index (χ2n) is 7.49. The highest BCUT2D eigenvalue weighted by molar-refractivity contribution is 5.78. The maximum atomic E-state index is 5.61. The molecule has 5 rings (SSSR count). The number of aryl methyl sites for hydroxylation is 1. The van der Waals surface area contributed by atoms with Crippen LogP contribution >= 0.6 is 0 Å². The van der Waals surface area contributed by atoms with Crippen molar-refractivity contribution in [1.82, 2.24) is 20.0 Å². The maximum absolute atomic E-state index is 5.61. The Balaban J connectivity index is 1.29. The summed E-state index contributed by atoms with van der Waals surface area (Å²) in [5.41, 5.74) is 4.35. The lowest BCUT2D eigenvalue weighted by molar-refractivity contribution is 0.306. The number of likely N-dealkylation sites (tertiary alicyclic amines) is 1. The standard InChI is InChI=1S/C23H22N4O/c1-16-6-2-4-8-20(16)22-25-23(28-26-22)18-12-13-27(14-18)15-19-11-10-17-7-3-5-9-21(17)24-19/h2-11,18H,12-15H2,1H3/t18-/m0/s1. The van der Waals surface area contributed by atoms with Crippen LogP contribution < -0.4 is 0 Å². The van der Waals surface area contributed by atoms with Gasteiger partial charge in [0.15, 0.2) is 0 Å². The Morgan fingerprint density at radius 3 is 2.79 bits per heavy atom. The fraction of sp³-hybridized carbons (Fsp3) is 0.261. The minimum Gasteiger partial charge on any atom is -0.339 e. The first-order valence-corrected chi connectivity index (χ1v) is 9.73. The number of aromatic nitrogens is 3. The molecular formula is C23H22N4O. The van der Waals surface area contributed by atoms with Gasteiger partial charge in [0.05, 0.1) is 17.1 Å². The molecule has 0 N–H and O–H groups in total. The average Bonchev–Trinajstić information content (AvgIpc) is 3.38. The normalized spacial score (nSPS) is 17.4. The van der Waals surface area contributed by atoms with Crippen molar-refractivity contribution in [2.75, 3.05) is 13.1 Å². The zero-order valence-corrected chi connectivity index (χ0v) is 15.9. The van der Waals surface area contributed by atoms with Gasteiger partial charge in [-0.2, -0.15) is 4.98 Å².